The Labute approximate surface area is 190 Å². The summed E-state index contributed by atoms with van der Waals surface area (Å²) in [6, 6.07) is 16.1. The predicted octanol–water partition coefficient (Wildman–Crippen LogP) is 3.49. The number of nitrogens with zero attached hydrogens (tertiary/aromatic N) is 4. The Bertz CT molecular complexity index is 1070. The van der Waals surface area contributed by atoms with E-state index < -0.39 is 0 Å². The summed E-state index contributed by atoms with van der Waals surface area (Å²) in [5.41, 5.74) is 4.18. The number of nitrogens with one attached hydrogen (secondary N) is 1. The molecule has 1 N–H and O–H groups in total. The summed E-state index contributed by atoms with van der Waals surface area (Å²) in [6.45, 7) is 7.93. The van der Waals surface area contributed by atoms with E-state index >= 15 is 0 Å². The van der Waals surface area contributed by atoms with Crippen LogP contribution in [0.15, 0.2) is 53.0 Å². The molecule has 1 saturated heterocycles. The number of hydrogen-bond donors (Lipinski definition) is 1. The molecule has 1 fully saturated rings. The predicted molar refractivity (Wildman–Crippen MR) is 122 cm³/mol. The van der Waals surface area contributed by atoms with Crippen molar-refractivity contribution in [3.8, 4) is 5.69 Å². The van der Waals surface area contributed by atoms with Gasteiger partial charge in [-0.3, -0.25) is 9.69 Å². The Morgan fingerprint density at radius 2 is 2.03 bits per heavy atom. The van der Waals surface area contributed by atoms with E-state index in [0.717, 1.165) is 42.0 Å². The van der Waals surface area contributed by atoms with Gasteiger partial charge in [0.25, 0.3) is 5.91 Å². The van der Waals surface area contributed by atoms with Crippen LogP contribution in [-0.2, 0) is 17.8 Å². The molecule has 1 amide bonds. The molecule has 0 spiro atoms. The van der Waals surface area contributed by atoms with Gasteiger partial charge < -0.3 is 10.1 Å². The molecule has 0 unspecified atom stereocenters. The largest absolute Gasteiger partial charge is 0.376 e. The van der Waals surface area contributed by atoms with E-state index in [-0.39, 0.29) is 12.0 Å². The number of halogens is 1. The van der Waals surface area contributed by atoms with Crippen LogP contribution in [0.25, 0.3) is 5.69 Å². The number of amides is 1. The van der Waals surface area contributed by atoms with Crippen LogP contribution in [0.4, 0.5) is 0 Å². The van der Waals surface area contributed by atoms with Crippen LogP contribution in [0.1, 0.15) is 34.2 Å². The van der Waals surface area contributed by atoms with E-state index in [2.05, 4.69) is 55.5 Å². The van der Waals surface area contributed by atoms with Crippen molar-refractivity contribution in [3.05, 3.63) is 75.5 Å². The number of hydrogen-bond acceptors (Lipinski definition) is 5. The zero-order valence-electron chi connectivity index (χ0n) is 17.7. The zero-order chi connectivity index (χ0) is 21.8. The van der Waals surface area contributed by atoms with E-state index in [1.807, 2.05) is 43.3 Å². The Morgan fingerprint density at radius 3 is 2.84 bits per heavy atom. The average molecular weight is 484 g/mol. The number of carbonyl (C=O) groups is 1. The molecule has 3 aromatic rings. The van der Waals surface area contributed by atoms with Crippen molar-refractivity contribution >= 4 is 21.8 Å². The normalized spacial score (nSPS) is 16.9. The molecule has 0 aliphatic carbocycles. The van der Waals surface area contributed by atoms with Crippen LogP contribution in [0, 0.1) is 6.92 Å². The molecule has 31 heavy (non-hydrogen) atoms. The Hall–Kier alpha value is -2.55. The highest BCUT2D eigenvalue weighted by Gasteiger charge is 2.18. The van der Waals surface area contributed by atoms with E-state index in [1.165, 1.54) is 5.56 Å². The Kier molecular flexibility index (Phi) is 6.80. The number of aromatic nitrogens is 3. The molecule has 0 bridgehead atoms. The van der Waals surface area contributed by atoms with Crippen LogP contribution in [0.3, 0.4) is 0 Å². The van der Waals surface area contributed by atoms with Crippen LogP contribution in [0.5, 0.6) is 0 Å². The first-order valence-electron chi connectivity index (χ1n) is 10.4. The summed E-state index contributed by atoms with van der Waals surface area (Å²) in [7, 11) is 0. The molecule has 1 aromatic heterocycles. The summed E-state index contributed by atoms with van der Waals surface area (Å²) < 4.78 is 8.23. The molecule has 2 heterocycles. The molecule has 2 aromatic carbocycles. The van der Waals surface area contributed by atoms with E-state index in [4.69, 9.17) is 4.74 Å². The SMILES string of the molecule is Cc1c(C(=O)NCc2cccc(CN3CCO[C@@H](C)C3)c2)nnn1-c1cccc(Br)c1. The molecule has 8 heteroatoms. The van der Waals surface area contributed by atoms with Gasteiger partial charge in [0.15, 0.2) is 5.69 Å². The lowest BCUT2D eigenvalue weighted by atomic mass is 10.1. The maximum absolute atomic E-state index is 12.7. The average Bonchev–Trinajstić information content (AvgIpc) is 3.14. The molecule has 4 rings (SSSR count). The summed E-state index contributed by atoms with van der Waals surface area (Å²) >= 11 is 3.46. The lowest BCUT2D eigenvalue weighted by molar-refractivity contribution is -0.0212. The van der Waals surface area contributed by atoms with Crippen LogP contribution in [-0.4, -0.2) is 51.6 Å². The molecule has 1 aliphatic heterocycles. The highest BCUT2D eigenvalue weighted by atomic mass is 79.9. The third kappa shape index (κ3) is 5.39. The van der Waals surface area contributed by atoms with Gasteiger partial charge in [0.05, 0.1) is 24.1 Å². The quantitative estimate of drug-likeness (QED) is 0.580. The summed E-state index contributed by atoms with van der Waals surface area (Å²) in [5.74, 6) is -0.230. The Morgan fingerprint density at radius 1 is 1.23 bits per heavy atom. The number of carbonyl (C=O) groups excluding carboxylic acids is 1. The number of rotatable bonds is 6. The first kappa shape index (κ1) is 21.7. The molecular formula is C23H26BrN5O2. The van der Waals surface area contributed by atoms with Crippen LogP contribution < -0.4 is 5.32 Å². The molecule has 1 aliphatic rings. The van der Waals surface area contributed by atoms with E-state index in [9.17, 15) is 4.79 Å². The molecule has 0 saturated carbocycles. The van der Waals surface area contributed by atoms with Crippen molar-refractivity contribution in [2.75, 3.05) is 19.7 Å². The Balaban J connectivity index is 1.39. The van der Waals surface area contributed by atoms with Crippen molar-refractivity contribution in [1.29, 1.82) is 0 Å². The first-order chi connectivity index (χ1) is 15.0. The van der Waals surface area contributed by atoms with Gasteiger partial charge in [-0.15, -0.1) is 5.10 Å². The number of benzene rings is 2. The fourth-order valence-corrected chi connectivity index (χ4v) is 4.18. The smallest absolute Gasteiger partial charge is 0.274 e. The third-order valence-electron chi connectivity index (χ3n) is 5.34. The van der Waals surface area contributed by atoms with Crippen molar-refractivity contribution in [2.24, 2.45) is 0 Å². The molecule has 7 nitrogen and oxygen atoms in total. The molecule has 0 radical (unpaired) electrons. The van der Waals surface area contributed by atoms with Gasteiger partial charge in [-0.1, -0.05) is 51.5 Å². The second-order valence-corrected chi connectivity index (χ2v) is 8.75. The van der Waals surface area contributed by atoms with Gasteiger partial charge in [0, 0.05) is 30.7 Å². The standard InChI is InChI=1S/C23H26BrN5O2/c1-16-14-28(9-10-31-16)15-19-6-3-5-18(11-19)13-25-23(30)22-17(2)29(27-26-22)21-8-4-7-20(24)12-21/h3-8,11-12,16H,9-10,13-15H2,1-2H3,(H,25,30)/t16-/m0/s1. The molecule has 162 valence electrons. The van der Waals surface area contributed by atoms with Crippen molar-refractivity contribution in [3.63, 3.8) is 0 Å². The van der Waals surface area contributed by atoms with Gasteiger partial charge in [-0.2, -0.15) is 0 Å². The summed E-state index contributed by atoms with van der Waals surface area (Å²) in [4.78, 5) is 15.1. The first-order valence-corrected chi connectivity index (χ1v) is 11.2. The third-order valence-corrected chi connectivity index (χ3v) is 5.83. The van der Waals surface area contributed by atoms with Crippen molar-refractivity contribution in [2.45, 2.75) is 33.0 Å². The zero-order valence-corrected chi connectivity index (χ0v) is 19.3. The van der Waals surface area contributed by atoms with Crippen molar-refractivity contribution < 1.29 is 9.53 Å². The monoisotopic (exact) mass is 483 g/mol. The fraction of sp³-hybridized carbons (Fsp3) is 0.348. The number of ether oxygens (including phenoxy) is 1. The maximum atomic E-state index is 12.7. The maximum Gasteiger partial charge on any atom is 0.274 e. The minimum atomic E-state index is -0.230. The molecular weight excluding hydrogens is 458 g/mol. The second-order valence-electron chi connectivity index (χ2n) is 7.83. The van der Waals surface area contributed by atoms with Crippen LogP contribution in [0.2, 0.25) is 0 Å². The molecule has 1 atom stereocenters. The van der Waals surface area contributed by atoms with Gasteiger partial charge in [0.1, 0.15) is 0 Å². The minimum absolute atomic E-state index is 0.230. The summed E-state index contributed by atoms with van der Waals surface area (Å²) in [6.07, 6.45) is 0.268. The summed E-state index contributed by atoms with van der Waals surface area (Å²) in [5, 5.41) is 11.2. The van der Waals surface area contributed by atoms with Gasteiger partial charge in [-0.05, 0) is 43.2 Å². The highest BCUT2D eigenvalue weighted by molar-refractivity contribution is 9.10. The lowest BCUT2D eigenvalue weighted by Crippen LogP contribution is -2.40. The topological polar surface area (TPSA) is 72.3 Å². The van der Waals surface area contributed by atoms with E-state index in [0.29, 0.717) is 17.9 Å². The minimum Gasteiger partial charge on any atom is -0.376 e. The van der Waals surface area contributed by atoms with E-state index in [1.54, 1.807) is 4.68 Å². The lowest BCUT2D eigenvalue weighted by Gasteiger charge is -2.31. The van der Waals surface area contributed by atoms with Crippen LogP contribution >= 0.6 is 15.9 Å². The van der Waals surface area contributed by atoms with Gasteiger partial charge in [-0.25, -0.2) is 4.68 Å². The van der Waals surface area contributed by atoms with Crippen molar-refractivity contribution in [1.82, 2.24) is 25.2 Å². The van der Waals surface area contributed by atoms with Gasteiger partial charge >= 0.3 is 0 Å². The fourth-order valence-electron chi connectivity index (χ4n) is 3.79. The number of morpholine rings is 1. The highest BCUT2D eigenvalue weighted by Crippen LogP contribution is 2.17. The second kappa shape index (κ2) is 9.72. The van der Waals surface area contributed by atoms with Gasteiger partial charge in [0.2, 0.25) is 0 Å².